The molecule has 1 aromatic rings. The minimum absolute atomic E-state index is 0.592. The van der Waals surface area contributed by atoms with Gasteiger partial charge in [0.1, 0.15) is 0 Å². The van der Waals surface area contributed by atoms with Gasteiger partial charge in [-0.05, 0) is 0 Å². The Morgan fingerprint density at radius 1 is 1.30 bits per heavy atom. The maximum atomic E-state index is 5.52. The van der Waals surface area contributed by atoms with Gasteiger partial charge in [-0.15, -0.1) is 11.6 Å². The van der Waals surface area contributed by atoms with Gasteiger partial charge in [0.15, 0.2) is 0 Å². The second kappa shape index (κ2) is 6.60. The Bertz CT molecular complexity index is 155. The Kier molecular flexibility index (Phi) is 7.20. The topological polar surface area (TPSA) is 0 Å². The first-order valence-electron chi connectivity index (χ1n) is 2.38. The molecule has 0 aliphatic carbocycles. The van der Waals surface area contributed by atoms with Crippen molar-refractivity contribution in [2.45, 2.75) is 0 Å². The molecule has 0 bridgehead atoms. The van der Waals surface area contributed by atoms with E-state index in [1.807, 2.05) is 0 Å². The molecule has 0 aliphatic rings. The van der Waals surface area contributed by atoms with Gasteiger partial charge in [0, 0.05) is 0 Å². The third kappa shape index (κ3) is 4.68. The molecular weight excluding hydrogens is 288 g/mol. The molecule has 1 rings (SSSR count). The van der Waals surface area contributed by atoms with Gasteiger partial charge >= 0.3 is 30.0 Å². The minimum atomic E-state index is 0.592. The summed E-state index contributed by atoms with van der Waals surface area (Å²) in [4.78, 5) is 0. The zero-order valence-electron chi connectivity index (χ0n) is 5.07. The molecule has 0 atom stereocenters. The van der Waals surface area contributed by atoms with Crippen molar-refractivity contribution in [2.24, 2.45) is 0 Å². The van der Waals surface area contributed by atoms with Gasteiger partial charge in [-0.1, -0.05) is 10.0 Å². The first kappa shape index (κ1) is 10.9. The first-order chi connectivity index (χ1) is 4.79. The van der Waals surface area contributed by atoms with E-state index in [4.69, 9.17) is 23.2 Å². The van der Waals surface area contributed by atoms with Crippen molar-refractivity contribution in [1.29, 1.82) is 0 Å². The average Bonchev–Trinajstić information content (AvgIpc) is 2.00. The second-order valence-corrected chi connectivity index (χ2v) is 2.20. The number of rotatable bonds is 0. The van der Waals surface area contributed by atoms with Crippen LogP contribution in [0.3, 0.4) is 0 Å². The van der Waals surface area contributed by atoms with Gasteiger partial charge in [0.05, 0.1) is 0 Å². The molecule has 4 heteroatoms. The number of halogens is 3. The van der Waals surface area contributed by atoms with Crippen LogP contribution < -0.4 is 0 Å². The predicted octanol–water partition coefficient (Wildman–Crippen LogP) is 3.64. The molecule has 0 radical (unpaired) electrons. The molecule has 0 amide bonds. The third-order valence-corrected chi connectivity index (χ3v) is 1.21. The summed E-state index contributed by atoms with van der Waals surface area (Å²) in [6, 6.07) is 7.78. The van der Waals surface area contributed by atoms with E-state index in [2.05, 4.69) is 19.7 Å². The normalized spacial score (nSPS) is 8.10. The Hall–Kier alpha value is 0.903. The summed E-state index contributed by atoms with van der Waals surface area (Å²) in [7, 11) is 0. The summed E-state index contributed by atoms with van der Waals surface area (Å²) in [5.41, 5.74) is 0. The summed E-state index contributed by atoms with van der Waals surface area (Å²) in [6.07, 6.45) is 0. The van der Waals surface area contributed by atoms with Gasteiger partial charge < -0.3 is 0 Å². The molecule has 0 aromatic heterocycles. The van der Waals surface area contributed by atoms with Crippen LogP contribution in [0.1, 0.15) is 0 Å². The summed E-state index contributed by atoms with van der Waals surface area (Å²) < 4.78 is 0. The van der Waals surface area contributed by atoms with Gasteiger partial charge in [0.2, 0.25) is 0 Å². The fourth-order valence-electron chi connectivity index (χ4n) is 0.387. The van der Waals surface area contributed by atoms with Crippen molar-refractivity contribution in [1.82, 2.24) is 0 Å². The zero-order valence-corrected chi connectivity index (χ0v) is 11.1. The van der Waals surface area contributed by atoms with Crippen molar-refractivity contribution < 1.29 is 16.3 Å². The molecule has 10 heavy (non-hydrogen) atoms. The monoisotopic (exact) mass is 288 g/mol. The molecule has 0 spiro atoms. The van der Waals surface area contributed by atoms with Crippen LogP contribution in [0.15, 0.2) is 18.2 Å². The van der Waals surface area contributed by atoms with Crippen LogP contribution in [0.2, 0.25) is 10.0 Å². The van der Waals surface area contributed by atoms with E-state index in [-0.39, 0.29) is 0 Å². The SMILES string of the molecule is Clc1[c-]cc(Cl)cc1.[Zn+][Br]. The van der Waals surface area contributed by atoms with E-state index in [1.54, 1.807) is 18.2 Å². The van der Waals surface area contributed by atoms with Crippen molar-refractivity contribution in [3.63, 3.8) is 0 Å². The zero-order chi connectivity index (χ0) is 7.98. The Morgan fingerprint density at radius 3 is 2.20 bits per heavy atom. The fraction of sp³-hybridized carbons (Fsp3) is 0. The van der Waals surface area contributed by atoms with Crippen LogP contribution in [-0.2, 0) is 16.3 Å². The van der Waals surface area contributed by atoms with Crippen molar-refractivity contribution in [3.05, 3.63) is 34.3 Å². The average molecular weight is 291 g/mol. The van der Waals surface area contributed by atoms with Crippen LogP contribution in [0.4, 0.5) is 0 Å². The van der Waals surface area contributed by atoms with Crippen LogP contribution in [-0.4, -0.2) is 0 Å². The van der Waals surface area contributed by atoms with Crippen molar-refractivity contribution in [3.8, 4) is 0 Å². The molecule has 0 N–H and O–H groups in total. The quantitative estimate of drug-likeness (QED) is 0.506. The molecule has 0 saturated carbocycles. The van der Waals surface area contributed by atoms with E-state index in [0.717, 1.165) is 0 Å². The molecule has 0 saturated heterocycles. The van der Waals surface area contributed by atoms with E-state index in [0.29, 0.717) is 10.0 Å². The number of benzene rings is 1. The molecule has 0 nitrogen and oxygen atoms in total. The number of hydrogen-bond donors (Lipinski definition) is 0. The molecule has 0 unspecified atom stereocenters. The Labute approximate surface area is 86.9 Å². The standard InChI is InChI=1S/C6H3Cl2.BrH.Zn/c7-5-1-2-6(8)4-3-5;;/h1-3H;1H;/q-1;;+2/p-1. The summed E-state index contributed by atoms with van der Waals surface area (Å²) in [6.45, 7) is 0. The van der Waals surface area contributed by atoms with Crippen LogP contribution in [0.5, 0.6) is 0 Å². The molecule has 50 valence electrons. The Balaban J connectivity index is 0.000000371. The van der Waals surface area contributed by atoms with Crippen LogP contribution in [0.25, 0.3) is 0 Å². The summed E-state index contributed by atoms with van der Waals surface area (Å²) in [5.74, 6) is 0. The molecule has 0 heterocycles. The van der Waals surface area contributed by atoms with Crippen molar-refractivity contribution >= 4 is 36.8 Å². The maximum absolute atomic E-state index is 5.52. The van der Waals surface area contributed by atoms with Gasteiger partial charge in [-0.25, -0.2) is 0 Å². The molecule has 1 aromatic carbocycles. The fourth-order valence-corrected chi connectivity index (χ4v) is 0.622. The van der Waals surface area contributed by atoms with Crippen molar-refractivity contribution in [2.75, 3.05) is 0 Å². The first-order valence-corrected chi connectivity index (χ1v) is 10.1. The van der Waals surface area contributed by atoms with Crippen LogP contribution in [0, 0.1) is 6.07 Å². The summed E-state index contributed by atoms with van der Waals surface area (Å²) in [5, 5.41) is 1.25. The van der Waals surface area contributed by atoms with E-state index in [9.17, 15) is 0 Å². The van der Waals surface area contributed by atoms with Gasteiger partial charge in [0.25, 0.3) is 0 Å². The molecular formula is C6H3BrCl2Zn. The van der Waals surface area contributed by atoms with E-state index in [1.165, 1.54) is 16.3 Å². The number of hydrogen-bond acceptors (Lipinski definition) is 0. The Morgan fingerprint density at radius 2 is 1.90 bits per heavy atom. The predicted molar refractivity (Wildman–Crippen MR) is 44.2 cm³/mol. The molecule has 0 fully saturated rings. The second-order valence-electron chi connectivity index (χ2n) is 1.35. The van der Waals surface area contributed by atoms with Gasteiger partial charge in [-0.2, -0.15) is 35.9 Å². The van der Waals surface area contributed by atoms with Gasteiger partial charge in [-0.3, -0.25) is 0 Å². The van der Waals surface area contributed by atoms with E-state index < -0.39 is 0 Å². The summed E-state index contributed by atoms with van der Waals surface area (Å²) >= 11 is 15.3. The third-order valence-electron chi connectivity index (χ3n) is 0.737. The van der Waals surface area contributed by atoms with Crippen LogP contribution >= 0.6 is 36.8 Å². The van der Waals surface area contributed by atoms with E-state index >= 15 is 0 Å². The molecule has 0 aliphatic heterocycles.